The molecular weight excluding hydrogens is 247 g/mol. The average Bonchev–Trinajstić information content (AvgIpc) is 2.87. The van der Waals surface area contributed by atoms with Crippen LogP contribution in [0, 0.1) is 5.82 Å². The number of aryl methyl sites for hydroxylation is 1. The van der Waals surface area contributed by atoms with E-state index in [0.29, 0.717) is 12.1 Å². The average molecular weight is 262 g/mol. The summed E-state index contributed by atoms with van der Waals surface area (Å²) in [5.74, 6) is 0.169. The number of rotatable bonds is 4. The number of oxime groups is 1. The lowest BCUT2D eigenvalue weighted by atomic mass is 10.1. The Bertz CT molecular complexity index is 606. The molecule has 6 heteroatoms. The molecule has 0 amide bonds. The van der Waals surface area contributed by atoms with E-state index in [9.17, 15) is 4.39 Å². The molecule has 0 spiro atoms. The summed E-state index contributed by atoms with van der Waals surface area (Å²) >= 11 is 0. The molecule has 19 heavy (non-hydrogen) atoms. The van der Waals surface area contributed by atoms with Gasteiger partial charge in [0.05, 0.1) is 12.1 Å². The summed E-state index contributed by atoms with van der Waals surface area (Å²) in [7, 11) is 0. The second-order valence-electron chi connectivity index (χ2n) is 4.09. The Morgan fingerprint density at radius 3 is 3.00 bits per heavy atom. The summed E-state index contributed by atoms with van der Waals surface area (Å²) in [5, 5.41) is 11.5. The molecular formula is C13H15FN4O. The summed E-state index contributed by atoms with van der Waals surface area (Å²) in [6.45, 7) is 2.35. The second kappa shape index (κ2) is 5.51. The first-order valence-electron chi connectivity index (χ1n) is 5.92. The van der Waals surface area contributed by atoms with Crippen molar-refractivity contribution in [3.05, 3.63) is 53.4 Å². The van der Waals surface area contributed by atoms with Crippen LogP contribution in [0.3, 0.4) is 0 Å². The molecule has 1 heterocycles. The minimum atomic E-state index is -0.478. The number of halogens is 1. The van der Waals surface area contributed by atoms with E-state index in [4.69, 9.17) is 10.9 Å². The molecule has 0 atom stereocenters. The second-order valence-corrected chi connectivity index (χ2v) is 4.09. The molecule has 3 N–H and O–H groups in total. The maximum Gasteiger partial charge on any atom is 0.173 e. The highest BCUT2D eigenvalue weighted by Gasteiger charge is 2.12. The third-order valence-electron chi connectivity index (χ3n) is 2.92. The van der Waals surface area contributed by atoms with Crippen molar-refractivity contribution in [1.29, 1.82) is 0 Å². The predicted molar refractivity (Wildman–Crippen MR) is 69.6 cm³/mol. The van der Waals surface area contributed by atoms with Gasteiger partial charge in [-0.3, -0.25) is 0 Å². The van der Waals surface area contributed by atoms with Gasteiger partial charge in [0.25, 0.3) is 0 Å². The van der Waals surface area contributed by atoms with Crippen LogP contribution in [-0.2, 0) is 13.0 Å². The molecule has 0 bridgehead atoms. The molecule has 0 aliphatic rings. The number of hydrogen-bond donors (Lipinski definition) is 2. The Morgan fingerprint density at radius 2 is 2.32 bits per heavy atom. The lowest BCUT2D eigenvalue weighted by Crippen LogP contribution is -2.16. The van der Waals surface area contributed by atoms with Crippen LogP contribution < -0.4 is 5.73 Å². The van der Waals surface area contributed by atoms with Gasteiger partial charge in [-0.2, -0.15) is 0 Å². The summed E-state index contributed by atoms with van der Waals surface area (Å²) in [6, 6.07) is 4.82. The molecule has 0 radical (unpaired) electrons. The fraction of sp³-hybridized carbons (Fsp3) is 0.231. The molecule has 0 aliphatic carbocycles. The number of aromatic nitrogens is 2. The van der Waals surface area contributed by atoms with Gasteiger partial charge in [0.15, 0.2) is 5.84 Å². The van der Waals surface area contributed by atoms with E-state index >= 15 is 0 Å². The quantitative estimate of drug-likeness (QED) is 0.381. The van der Waals surface area contributed by atoms with Gasteiger partial charge in [0.2, 0.25) is 0 Å². The van der Waals surface area contributed by atoms with Crippen molar-refractivity contribution in [3.63, 3.8) is 0 Å². The Morgan fingerprint density at radius 1 is 1.53 bits per heavy atom. The number of imidazole rings is 1. The summed E-state index contributed by atoms with van der Waals surface area (Å²) < 4.78 is 16.1. The first kappa shape index (κ1) is 13.1. The molecule has 0 saturated heterocycles. The molecule has 0 saturated carbocycles. The maximum absolute atomic E-state index is 14.2. The molecule has 5 nitrogen and oxygen atoms in total. The van der Waals surface area contributed by atoms with E-state index in [2.05, 4.69) is 10.1 Å². The van der Waals surface area contributed by atoms with Crippen molar-refractivity contribution in [2.24, 2.45) is 10.9 Å². The summed E-state index contributed by atoms with van der Waals surface area (Å²) in [4.78, 5) is 4.19. The largest absolute Gasteiger partial charge is 0.409 e. The number of nitrogens with zero attached hydrogens (tertiary/aromatic N) is 3. The summed E-state index contributed by atoms with van der Waals surface area (Å²) in [6.07, 6.45) is 4.26. The highest BCUT2D eigenvalue weighted by molar-refractivity contribution is 5.97. The minimum absolute atomic E-state index is 0.0955. The van der Waals surface area contributed by atoms with Gasteiger partial charge < -0.3 is 15.5 Å². The third-order valence-corrected chi connectivity index (χ3v) is 2.92. The van der Waals surface area contributed by atoms with E-state index in [0.717, 1.165) is 12.2 Å². The molecule has 2 rings (SSSR count). The van der Waals surface area contributed by atoms with Crippen LogP contribution >= 0.6 is 0 Å². The van der Waals surface area contributed by atoms with Gasteiger partial charge in [-0.05, 0) is 6.07 Å². The van der Waals surface area contributed by atoms with Crippen molar-refractivity contribution < 1.29 is 9.60 Å². The lowest BCUT2D eigenvalue weighted by molar-refractivity contribution is 0.318. The number of benzene rings is 1. The van der Waals surface area contributed by atoms with E-state index in [-0.39, 0.29) is 11.4 Å². The minimum Gasteiger partial charge on any atom is -0.409 e. The summed E-state index contributed by atoms with van der Waals surface area (Å²) in [5.41, 5.74) is 6.00. The Balaban J connectivity index is 2.36. The first-order valence-corrected chi connectivity index (χ1v) is 5.92. The Kier molecular flexibility index (Phi) is 3.79. The molecule has 1 aromatic heterocycles. The van der Waals surface area contributed by atoms with Crippen molar-refractivity contribution in [3.8, 4) is 0 Å². The first-order chi connectivity index (χ1) is 9.17. The monoisotopic (exact) mass is 262 g/mol. The van der Waals surface area contributed by atoms with E-state index in [1.54, 1.807) is 24.5 Å². The fourth-order valence-electron chi connectivity index (χ4n) is 1.94. The van der Waals surface area contributed by atoms with Crippen LogP contribution in [0.25, 0.3) is 0 Å². The van der Waals surface area contributed by atoms with Crippen LogP contribution in [0.1, 0.15) is 23.9 Å². The maximum atomic E-state index is 14.2. The smallest absolute Gasteiger partial charge is 0.173 e. The van der Waals surface area contributed by atoms with Crippen LogP contribution in [-0.4, -0.2) is 20.6 Å². The highest BCUT2D eigenvalue weighted by atomic mass is 19.1. The van der Waals surface area contributed by atoms with Gasteiger partial charge in [0.1, 0.15) is 11.6 Å². The van der Waals surface area contributed by atoms with Crippen molar-refractivity contribution in [2.45, 2.75) is 19.9 Å². The van der Waals surface area contributed by atoms with Crippen molar-refractivity contribution >= 4 is 5.84 Å². The molecule has 0 fully saturated rings. The normalized spacial score (nSPS) is 11.8. The zero-order valence-electron chi connectivity index (χ0n) is 10.5. The van der Waals surface area contributed by atoms with Crippen LogP contribution in [0.4, 0.5) is 4.39 Å². The van der Waals surface area contributed by atoms with Gasteiger partial charge in [-0.25, -0.2) is 9.37 Å². The zero-order chi connectivity index (χ0) is 13.8. The molecule has 0 unspecified atom stereocenters. The predicted octanol–water partition coefficient (Wildman–Crippen LogP) is 1.73. The van der Waals surface area contributed by atoms with Gasteiger partial charge in [0, 0.05) is 24.4 Å². The molecule has 0 aliphatic heterocycles. The van der Waals surface area contributed by atoms with Gasteiger partial charge >= 0.3 is 0 Å². The number of nitrogens with two attached hydrogens (primary N) is 1. The van der Waals surface area contributed by atoms with Crippen LogP contribution in [0.5, 0.6) is 0 Å². The third kappa shape index (κ3) is 2.57. The molecule has 100 valence electrons. The number of hydrogen-bond acceptors (Lipinski definition) is 3. The van der Waals surface area contributed by atoms with Crippen molar-refractivity contribution in [1.82, 2.24) is 9.55 Å². The Labute approximate surface area is 110 Å². The van der Waals surface area contributed by atoms with Crippen molar-refractivity contribution in [2.75, 3.05) is 0 Å². The number of amidine groups is 1. The highest BCUT2D eigenvalue weighted by Crippen LogP contribution is 2.15. The van der Waals surface area contributed by atoms with E-state index in [1.807, 2.05) is 11.5 Å². The standard InChI is InChI=1S/C13H15FN4O/c1-2-11-16-6-7-18(11)8-9-4-3-5-10(12(9)14)13(15)17-19/h3-7,19H,2,8H2,1H3,(H2,15,17). The van der Waals surface area contributed by atoms with Gasteiger partial charge in [-0.1, -0.05) is 24.2 Å². The molecule has 2 aromatic rings. The topological polar surface area (TPSA) is 76.4 Å². The van der Waals surface area contributed by atoms with Crippen LogP contribution in [0.2, 0.25) is 0 Å². The molecule has 1 aromatic carbocycles. The SMILES string of the molecule is CCc1nccn1Cc1cccc(/C(N)=N/O)c1F. The zero-order valence-corrected chi connectivity index (χ0v) is 10.5. The van der Waals surface area contributed by atoms with Crippen LogP contribution in [0.15, 0.2) is 35.7 Å². The lowest BCUT2D eigenvalue weighted by Gasteiger charge is -2.10. The Hall–Kier alpha value is -2.37. The van der Waals surface area contributed by atoms with E-state index in [1.165, 1.54) is 6.07 Å². The van der Waals surface area contributed by atoms with Gasteiger partial charge in [-0.15, -0.1) is 0 Å². The van der Waals surface area contributed by atoms with E-state index < -0.39 is 5.82 Å². The fourth-order valence-corrected chi connectivity index (χ4v) is 1.94.